The van der Waals surface area contributed by atoms with E-state index < -0.39 is 11.9 Å². The standard InChI is InChI=1S/C13H14Cl2N2O3/c1-7-8(12(18)19)5-6-17(7)13(20)16-10-4-2-3-9(14)11(10)15/h2-4,7-8H,5-6H2,1H3,(H,16,20)(H,18,19). The van der Waals surface area contributed by atoms with Crippen LogP contribution in [0.2, 0.25) is 10.0 Å². The molecule has 2 unspecified atom stereocenters. The van der Waals surface area contributed by atoms with Gasteiger partial charge in [-0.3, -0.25) is 4.79 Å². The second-order valence-electron chi connectivity index (χ2n) is 4.70. The van der Waals surface area contributed by atoms with Crippen LogP contribution in [0.25, 0.3) is 0 Å². The van der Waals surface area contributed by atoms with E-state index in [4.69, 9.17) is 28.3 Å². The maximum atomic E-state index is 12.2. The Morgan fingerprint density at radius 2 is 2.10 bits per heavy atom. The molecule has 1 heterocycles. The highest BCUT2D eigenvalue weighted by atomic mass is 35.5. The molecule has 5 nitrogen and oxygen atoms in total. The molecule has 1 aromatic rings. The number of aliphatic carboxylic acids is 1. The molecule has 1 fully saturated rings. The summed E-state index contributed by atoms with van der Waals surface area (Å²) in [4.78, 5) is 24.7. The van der Waals surface area contributed by atoms with Crippen molar-refractivity contribution in [2.75, 3.05) is 11.9 Å². The number of benzene rings is 1. The van der Waals surface area contributed by atoms with Crippen LogP contribution in [0.3, 0.4) is 0 Å². The van der Waals surface area contributed by atoms with Crippen molar-refractivity contribution in [3.05, 3.63) is 28.2 Å². The smallest absolute Gasteiger partial charge is 0.322 e. The highest BCUT2D eigenvalue weighted by molar-refractivity contribution is 6.43. The Hall–Kier alpha value is -1.46. The molecule has 2 N–H and O–H groups in total. The van der Waals surface area contributed by atoms with Crippen molar-refractivity contribution in [1.29, 1.82) is 0 Å². The minimum Gasteiger partial charge on any atom is -0.481 e. The normalized spacial score (nSPS) is 21.9. The predicted molar refractivity (Wildman–Crippen MR) is 77.4 cm³/mol. The van der Waals surface area contributed by atoms with Gasteiger partial charge >= 0.3 is 12.0 Å². The molecule has 0 aliphatic carbocycles. The Balaban J connectivity index is 2.10. The van der Waals surface area contributed by atoms with Gasteiger partial charge in [-0.2, -0.15) is 0 Å². The summed E-state index contributed by atoms with van der Waals surface area (Å²) < 4.78 is 0. The zero-order valence-corrected chi connectivity index (χ0v) is 12.3. The molecule has 2 atom stereocenters. The molecule has 1 aromatic carbocycles. The van der Waals surface area contributed by atoms with Crippen LogP contribution in [0.4, 0.5) is 10.5 Å². The zero-order valence-electron chi connectivity index (χ0n) is 10.8. The van der Waals surface area contributed by atoms with Crippen molar-refractivity contribution in [3.8, 4) is 0 Å². The molecule has 2 rings (SSSR count). The minimum atomic E-state index is -0.881. The SMILES string of the molecule is CC1C(C(=O)O)CCN1C(=O)Nc1cccc(Cl)c1Cl. The van der Waals surface area contributed by atoms with E-state index in [1.54, 1.807) is 25.1 Å². The van der Waals surface area contributed by atoms with Crippen LogP contribution in [-0.4, -0.2) is 34.6 Å². The molecule has 1 aliphatic rings. The monoisotopic (exact) mass is 316 g/mol. The van der Waals surface area contributed by atoms with Gasteiger partial charge in [0, 0.05) is 12.6 Å². The van der Waals surface area contributed by atoms with Crippen molar-refractivity contribution in [3.63, 3.8) is 0 Å². The highest BCUT2D eigenvalue weighted by Gasteiger charge is 2.38. The van der Waals surface area contributed by atoms with Crippen LogP contribution < -0.4 is 5.32 Å². The molecule has 2 amide bonds. The molecule has 0 aromatic heterocycles. The minimum absolute atomic E-state index is 0.268. The lowest BCUT2D eigenvalue weighted by atomic mass is 10.0. The first-order chi connectivity index (χ1) is 9.41. The van der Waals surface area contributed by atoms with Gasteiger partial charge in [-0.1, -0.05) is 29.3 Å². The third-order valence-electron chi connectivity index (χ3n) is 3.53. The summed E-state index contributed by atoms with van der Waals surface area (Å²) in [7, 11) is 0. The van der Waals surface area contributed by atoms with Crippen molar-refractivity contribution in [1.82, 2.24) is 4.90 Å². The number of amides is 2. The average Bonchev–Trinajstić information content (AvgIpc) is 2.77. The number of hydrogen-bond acceptors (Lipinski definition) is 2. The van der Waals surface area contributed by atoms with Crippen LogP contribution in [0.5, 0.6) is 0 Å². The second kappa shape index (κ2) is 5.89. The van der Waals surface area contributed by atoms with Gasteiger partial charge in [-0.25, -0.2) is 4.79 Å². The van der Waals surface area contributed by atoms with E-state index in [0.29, 0.717) is 23.7 Å². The lowest BCUT2D eigenvalue weighted by Crippen LogP contribution is -2.40. The first-order valence-electron chi connectivity index (χ1n) is 6.16. The van der Waals surface area contributed by atoms with Crippen LogP contribution in [0.1, 0.15) is 13.3 Å². The number of hydrogen-bond donors (Lipinski definition) is 2. The number of carbonyl (C=O) groups is 2. The molecular weight excluding hydrogens is 303 g/mol. The fourth-order valence-electron chi connectivity index (χ4n) is 2.34. The van der Waals surface area contributed by atoms with Crippen molar-refractivity contribution in [2.24, 2.45) is 5.92 Å². The Morgan fingerprint density at radius 3 is 2.70 bits per heavy atom. The maximum absolute atomic E-state index is 12.2. The molecule has 0 saturated carbocycles. The van der Waals surface area contributed by atoms with Gasteiger partial charge < -0.3 is 15.3 Å². The summed E-state index contributed by atoms with van der Waals surface area (Å²) in [5, 5.41) is 12.3. The molecular formula is C13H14Cl2N2O3. The van der Waals surface area contributed by atoms with E-state index in [2.05, 4.69) is 5.32 Å². The first kappa shape index (κ1) is 14.9. The fraction of sp³-hybridized carbons (Fsp3) is 0.385. The van der Waals surface area contributed by atoms with E-state index in [9.17, 15) is 9.59 Å². The van der Waals surface area contributed by atoms with Crippen LogP contribution in [-0.2, 0) is 4.79 Å². The van der Waals surface area contributed by atoms with E-state index in [0.717, 1.165) is 0 Å². The number of carboxylic acids is 1. The number of likely N-dealkylation sites (tertiary alicyclic amines) is 1. The fourth-order valence-corrected chi connectivity index (χ4v) is 2.69. The Bertz CT molecular complexity index is 550. The van der Waals surface area contributed by atoms with Gasteiger partial charge in [-0.15, -0.1) is 0 Å². The maximum Gasteiger partial charge on any atom is 0.322 e. The summed E-state index contributed by atoms with van der Waals surface area (Å²) in [6, 6.07) is 4.22. The number of anilines is 1. The summed E-state index contributed by atoms with van der Waals surface area (Å²) in [5.74, 6) is -1.41. The molecule has 0 spiro atoms. The average molecular weight is 317 g/mol. The summed E-state index contributed by atoms with van der Waals surface area (Å²) in [6.07, 6.45) is 0.452. The molecule has 7 heteroatoms. The zero-order chi connectivity index (χ0) is 14.9. The van der Waals surface area contributed by atoms with Crippen molar-refractivity contribution in [2.45, 2.75) is 19.4 Å². The van der Waals surface area contributed by atoms with Crippen molar-refractivity contribution >= 4 is 40.9 Å². The third-order valence-corrected chi connectivity index (χ3v) is 4.35. The van der Waals surface area contributed by atoms with Crippen LogP contribution in [0.15, 0.2) is 18.2 Å². The van der Waals surface area contributed by atoms with Gasteiger partial charge in [0.1, 0.15) is 0 Å². The predicted octanol–water partition coefficient (Wildman–Crippen LogP) is 3.32. The highest BCUT2D eigenvalue weighted by Crippen LogP contribution is 2.31. The van der Waals surface area contributed by atoms with Gasteiger partial charge in [0.15, 0.2) is 0 Å². The Morgan fingerprint density at radius 1 is 1.40 bits per heavy atom. The van der Waals surface area contributed by atoms with E-state index in [1.165, 1.54) is 4.90 Å². The lowest BCUT2D eigenvalue weighted by Gasteiger charge is -2.23. The second-order valence-corrected chi connectivity index (χ2v) is 5.48. The number of halogens is 2. The number of urea groups is 1. The molecule has 1 aliphatic heterocycles. The Labute approximate surface area is 126 Å². The van der Waals surface area contributed by atoms with Gasteiger partial charge in [0.2, 0.25) is 0 Å². The van der Waals surface area contributed by atoms with E-state index >= 15 is 0 Å². The molecule has 108 valence electrons. The van der Waals surface area contributed by atoms with Gasteiger partial charge in [0.25, 0.3) is 0 Å². The number of carboxylic acid groups (broad SMARTS) is 1. The molecule has 0 bridgehead atoms. The number of rotatable bonds is 2. The third kappa shape index (κ3) is 2.83. The van der Waals surface area contributed by atoms with Crippen LogP contribution >= 0.6 is 23.2 Å². The number of nitrogens with one attached hydrogen (secondary N) is 1. The largest absolute Gasteiger partial charge is 0.481 e. The Kier molecular flexibility index (Phi) is 4.40. The van der Waals surface area contributed by atoms with Crippen molar-refractivity contribution < 1.29 is 14.7 Å². The first-order valence-corrected chi connectivity index (χ1v) is 6.92. The van der Waals surface area contributed by atoms with Crippen LogP contribution in [0, 0.1) is 5.92 Å². The quantitative estimate of drug-likeness (QED) is 0.879. The molecule has 1 saturated heterocycles. The summed E-state index contributed by atoms with van der Waals surface area (Å²) >= 11 is 11.9. The number of carbonyl (C=O) groups excluding carboxylic acids is 1. The number of nitrogens with zero attached hydrogens (tertiary/aromatic N) is 1. The topological polar surface area (TPSA) is 69.6 Å². The van der Waals surface area contributed by atoms with E-state index in [-0.39, 0.29) is 17.1 Å². The van der Waals surface area contributed by atoms with E-state index in [1.807, 2.05) is 0 Å². The lowest BCUT2D eigenvalue weighted by molar-refractivity contribution is -0.142. The van der Waals surface area contributed by atoms with Gasteiger partial charge in [0.05, 0.1) is 21.7 Å². The molecule has 20 heavy (non-hydrogen) atoms. The summed E-state index contributed by atoms with van der Waals surface area (Å²) in [6.45, 7) is 2.13. The van der Waals surface area contributed by atoms with Gasteiger partial charge in [-0.05, 0) is 25.5 Å². The molecule has 0 radical (unpaired) electrons. The summed E-state index contributed by atoms with van der Waals surface area (Å²) in [5.41, 5.74) is 0.412.